The van der Waals surface area contributed by atoms with Crippen LogP contribution in [0.4, 0.5) is 0 Å². The topological polar surface area (TPSA) is 12.0 Å². The van der Waals surface area contributed by atoms with Crippen molar-refractivity contribution in [3.8, 4) is 0 Å². The average Bonchev–Trinajstić information content (AvgIpc) is 2.30. The molecule has 2 rings (SSSR count). The van der Waals surface area contributed by atoms with E-state index in [0.29, 0.717) is 12.0 Å². The standard InChI is InChI=1S/C13H15N/c1-11(12-7-3-2-4-8-12)13-9-5-6-10-14-13/h2-11,13-14H,1H3. The van der Waals surface area contributed by atoms with Gasteiger partial charge in [-0.2, -0.15) is 0 Å². The lowest BCUT2D eigenvalue weighted by Gasteiger charge is -2.23. The van der Waals surface area contributed by atoms with Gasteiger partial charge in [0.05, 0.1) is 6.04 Å². The molecule has 1 aliphatic heterocycles. The number of rotatable bonds is 2. The summed E-state index contributed by atoms with van der Waals surface area (Å²) >= 11 is 0. The molecule has 0 fully saturated rings. The van der Waals surface area contributed by atoms with E-state index in [0.717, 1.165) is 0 Å². The third-order valence-electron chi connectivity index (χ3n) is 2.68. The maximum Gasteiger partial charge on any atom is 0.0507 e. The minimum Gasteiger partial charge on any atom is -0.384 e. The van der Waals surface area contributed by atoms with Crippen LogP contribution < -0.4 is 5.32 Å². The molecule has 1 aromatic carbocycles. The number of hydrogen-bond acceptors (Lipinski definition) is 1. The molecule has 0 radical (unpaired) electrons. The maximum atomic E-state index is 3.35. The van der Waals surface area contributed by atoms with Crippen LogP contribution in [0.2, 0.25) is 0 Å². The van der Waals surface area contributed by atoms with Crippen LogP contribution in [0.5, 0.6) is 0 Å². The van der Waals surface area contributed by atoms with E-state index < -0.39 is 0 Å². The summed E-state index contributed by atoms with van der Waals surface area (Å²) < 4.78 is 0. The van der Waals surface area contributed by atoms with Gasteiger partial charge in [-0.25, -0.2) is 0 Å². The first-order chi connectivity index (χ1) is 6.88. The second-order valence-electron chi connectivity index (χ2n) is 3.64. The highest BCUT2D eigenvalue weighted by Gasteiger charge is 2.15. The highest BCUT2D eigenvalue weighted by Crippen LogP contribution is 2.20. The molecule has 0 spiro atoms. The normalized spacial score (nSPS) is 21.6. The van der Waals surface area contributed by atoms with Gasteiger partial charge in [0, 0.05) is 5.92 Å². The zero-order chi connectivity index (χ0) is 9.80. The minimum atomic E-state index is 0.419. The Balaban J connectivity index is 2.12. The number of hydrogen-bond donors (Lipinski definition) is 1. The minimum absolute atomic E-state index is 0.419. The summed E-state index contributed by atoms with van der Waals surface area (Å²) in [6.07, 6.45) is 8.33. The van der Waals surface area contributed by atoms with Gasteiger partial charge in [-0.15, -0.1) is 0 Å². The molecule has 72 valence electrons. The van der Waals surface area contributed by atoms with Crippen molar-refractivity contribution in [3.63, 3.8) is 0 Å². The van der Waals surface area contributed by atoms with Crippen molar-refractivity contribution in [3.05, 3.63) is 60.3 Å². The monoisotopic (exact) mass is 185 g/mol. The lowest BCUT2D eigenvalue weighted by Crippen LogP contribution is -2.29. The van der Waals surface area contributed by atoms with Crippen molar-refractivity contribution in [2.24, 2.45) is 0 Å². The molecule has 1 nitrogen and oxygen atoms in total. The highest BCUT2D eigenvalue weighted by molar-refractivity contribution is 5.25. The number of nitrogens with one attached hydrogen (secondary N) is 1. The molecule has 1 heteroatoms. The van der Waals surface area contributed by atoms with Gasteiger partial charge in [-0.3, -0.25) is 0 Å². The van der Waals surface area contributed by atoms with E-state index in [2.05, 4.69) is 54.7 Å². The Morgan fingerprint density at radius 2 is 1.93 bits per heavy atom. The van der Waals surface area contributed by atoms with E-state index in [1.54, 1.807) is 0 Å². The molecule has 2 unspecified atom stereocenters. The summed E-state index contributed by atoms with van der Waals surface area (Å²) in [5.41, 5.74) is 1.38. The van der Waals surface area contributed by atoms with Crippen molar-refractivity contribution in [2.75, 3.05) is 0 Å². The lowest BCUT2D eigenvalue weighted by molar-refractivity contribution is 0.586. The Morgan fingerprint density at radius 1 is 1.14 bits per heavy atom. The van der Waals surface area contributed by atoms with Gasteiger partial charge in [0.2, 0.25) is 0 Å². The fraction of sp³-hybridized carbons (Fsp3) is 0.231. The van der Waals surface area contributed by atoms with E-state index in [-0.39, 0.29) is 0 Å². The van der Waals surface area contributed by atoms with Crippen LogP contribution in [0.1, 0.15) is 18.4 Å². The third kappa shape index (κ3) is 1.87. The first-order valence-corrected chi connectivity index (χ1v) is 5.02. The predicted octanol–water partition coefficient (Wildman–Crippen LogP) is 2.83. The summed E-state index contributed by atoms with van der Waals surface area (Å²) in [5, 5.41) is 3.35. The van der Waals surface area contributed by atoms with Gasteiger partial charge in [0.1, 0.15) is 0 Å². The predicted molar refractivity (Wildman–Crippen MR) is 60.1 cm³/mol. The van der Waals surface area contributed by atoms with Crippen LogP contribution in [-0.4, -0.2) is 6.04 Å². The lowest BCUT2D eigenvalue weighted by atomic mass is 9.92. The van der Waals surface area contributed by atoms with Gasteiger partial charge >= 0.3 is 0 Å². The van der Waals surface area contributed by atoms with Crippen LogP contribution >= 0.6 is 0 Å². The molecular formula is C13H15N. The Bertz CT molecular complexity index is 338. The van der Waals surface area contributed by atoms with Crippen LogP contribution in [0.3, 0.4) is 0 Å². The van der Waals surface area contributed by atoms with E-state index in [4.69, 9.17) is 0 Å². The van der Waals surface area contributed by atoms with Crippen LogP contribution in [-0.2, 0) is 0 Å². The molecule has 1 aliphatic rings. The third-order valence-corrected chi connectivity index (χ3v) is 2.68. The Labute approximate surface area is 85.2 Å². The summed E-state index contributed by atoms with van der Waals surface area (Å²) in [6, 6.07) is 11.0. The zero-order valence-corrected chi connectivity index (χ0v) is 8.35. The fourth-order valence-electron chi connectivity index (χ4n) is 1.74. The van der Waals surface area contributed by atoms with Gasteiger partial charge in [-0.1, -0.05) is 49.4 Å². The van der Waals surface area contributed by atoms with Gasteiger partial charge in [-0.05, 0) is 17.8 Å². The van der Waals surface area contributed by atoms with Crippen LogP contribution in [0.15, 0.2) is 54.8 Å². The van der Waals surface area contributed by atoms with E-state index in [1.807, 2.05) is 12.3 Å². The zero-order valence-electron chi connectivity index (χ0n) is 8.35. The molecule has 0 amide bonds. The molecule has 0 aromatic heterocycles. The molecule has 0 bridgehead atoms. The number of allylic oxidation sites excluding steroid dienone is 2. The van der Waals surface area contributed by atoms with E-state index in [9.17, 15) is 0 Å². The molecule has 0 saturated carbocycles. The molecule has 1 heterocycles. The highest BCUT2D eigenvalue weighted by atomic mass is 14.9. The van der Waals surface area contributed by atoms with Gasteiger partial charge in [0.25, 0.3) is 0 Å². The molecule has 0 aliphatic carbocycles. The largest absolute Gasteiger partial charge is 0.384 e. The summed E-state index contributed by atoms with van der Waals surface area (Å²) in [6.45, 7) is 2.25. The van der Waals surface area contributed by atoms with Crippen molar-refractivity contribution < 1.29 is 0 Å². The van der Waals surface area contributed by atoms with Crippen LogP contribution in [0, 0.1) is 0 Å². The average molecular weight is 185 g/mol. The SMILES string of the molecule is CC(c1ccccc1)C1C=CC=CN1. The summed E-state index contributed by atoms with van der Waals surface area (Å²) in [4.78, 5) is 0. The van der Waals surface area contributed by atoms with Crippen molar-refractivity contribution in [1.29, 1.82) is 0 Å². The first kappa shape index (κ1) is 9.07. The maximum absolute atomic E-state index is 3.35. The summed E-state index contributed by atoms with van der Waals surface area (Å²) in [5.74, 6) is 0.511. The Hall–Kier alpha value is -1.50. The number of dihydropyridines is 1. The first-order valence-electron chi connectivity index (χ1n) is 5.02. The van der Waals surface area contributed by atoms with E-state index in [1.165, 1.54) is 5.56 Å². The molecular weight excluding hydrogens is 170 g/mol. The van der Waals surface area contributed by atoms with Gasteiger partial charge in [0.15, 0.2) is 0 Å². The second kappa shape index (κ2) is 4.14. The van der Waals surface area contributed by atoms with Gasteiger partial charge < -0.3 is 5.32 Å². The molecule has 0 saturated heterocycles. The fourth-order valence-corrected chi connectivity index (χ4v) is 1.74. The van der Waals surface area contributed by atoms with Crippen LogP contribution in [0.25, 0.3) is 0 Å². The molecule has 2 atom stereocenters. The molecule has 14 heavy (non-hydrogen) atoms. The summed E-state index contributed by atoms with van der Waals surface area (Å²) in [7, 11) is 0. The van der Waals surface area contributed by atoms with Crippen molar-refractivity contribution in [1.82, 2.24) is 5.32 Å². The second-order valence-corrected chi connectivity index (χ2v) is 3.64. The quantitative estimate of drug-likeness (QED) is 0.747. The Morgan fingerprint density at radius 3 is 2.57 bits per heavy atom. The Kier molecular flexibility index (Phi) is 2.68. The van der Waals surface area contributed by atoms with E-state index >= 15 is 0 Å². The smallest absolute Gasteiger partial charge is 0.0507 e. The molecule has 1 N–H and O–H groups in total. The van der Waals surface area contributed by atoms with Crippen molar-refractivity contribution in [2.45, 2.75) is 18.9 Å². The molecule has 1 aromatic rings. The number of benzene rings is 1. The van der Waals surface area contributed by atoms with Crippen molar-refractivity contribution >= 4 is 0 Å².